The van der Waals surface area contributed by atoms with Gasteiger partial charge in [-0.25, -0.2) is 0 Å². The molecule has 11 heteroatoms. The molecular weight excluding hydrogens is 682 g/mol. The van der Waals surface area contributed by atoms with Crippen LogP contribution < -0.4 is 10.2 Å². The third-order valence-electron chi connectivity index (χ3n) is 10.4. The fourth-order valence-corrected chi connectivity index (χ4v) is 8.29. The molecule has 0 aromatic heterocycles. The number of nitrogens with zero attached hydrogens (tertiary/aromatic N) is 2. The van der Waals surface area contributed by atoms with E-state index in [1.165, 1.54) is 9.80 Å². The summed E-state index contributed by atoms with van der Waals surface area (Å²) in [5.74, 6) is -3.86. The smallest absolute Gasteiger partial charge is 0.313 e. The molecule has 0 unspecified atom stereocenters. The highest BCUT2D eigenvalue weighted by molar-refractivity contribution is 6.30. The summed E-state index contributed by atoms with van der Waals surface area (Å²) in [6.45, 7) is 8.97. The minimum Gasteiger partial charge on any atom is -0.455 e. The van der Waals surface area contributed by atoms with E-state index < -0.39 is 72.2 Å². The van der Waals surface area contributed by atoms with Crippen LogP contribution in [0.15, 0.2) is 110 Å². The highest BCUT2D eigenvalue weighted by Gasteiger charge is 2.76. The second-order valence-electron chi connectivity index (χ2n) is 13.6. The first-order chi connectivity index (χ1) is 25.1. The number of carbonyl (C=O) groups excluding carboxylic acids is 4. The highest BCUT2D eigenvalue weighted by atomic mass is 35.5. The zero-order chi connectivity index (χ0) is 37.0. The molecule has 272 valence electrons. The molecule has 6 rings (SSSR count). The molecule has 2 N–H and O–H groups in total. The van der Waals surface area contributed by atoms with Gasteiger partial charge in [-0.2, -0.15) is 0 Å². The molecule has 52 heavy (non-hydrogen) atoms. The van der Waals surface area contributed by atoms with Gasteiger partial charge in [0.05, 0.1) is 36.6 Å². The van der Waals surface area contributed by atoms with Gasteiger partial charge in [0.2, 0.25) is 11.8 Å². The number of hydrogen-bond donors (Lipinski definition) is 2. The predicted octanol–water partition coefficient (Wildman–Crippen LogP) is 5.72. The van der Waals surface area contributed by atoms with Crippen LogP contribution in [0.3, 0.4) is 0 Å². The SMILES string of the molecule is C=CCCC(=O)N[C@H](C)[C@@H](OC(=O)[C@@H]1[C@H]2C(=O)N([C@H](CO)c3ccccc3)[C@H](C(=O)N(CC=C)c3ccc(Cl)cc3)[C@]23CC[C@H]1O3)c1ccccc1. The first-order valence-electron chi connectivity index (χ1n) is 17.6. The number of allylic oxidation sites excluding steroid dienone is 1. The van der Waals surface area contributed by atoms with E-state index in [0.29, 0.717) is 41.1 Å². The van der Waals surface area contributed by atoms with Crippen molar-refractivity contribution >= 4 is 41.0 Å². The van der Waals surface area contributed by atoms with Crippen LogP contribution in [0, 0.1) is 11.8 Å². The summed E-state index contributed by atoms with van der Waals surface area (Å²) >= 11 is 6.19. The molecule has 3 aromatic carbocycles. The molecular formula is C41H44ClN3O7. The van der Waals surface area contributed by atoms with E-state index >= 15 is 0 Å². The Morgan fingerprint density at radius 3 is 2.31 bits per heavy atom. The van der Waals surface area contributed by atoms with Gasteiger partial charge in [0.1, 0.15) is 17.7 Å². The maximum atomic E-state index is 15.0. The third kappa shape index (κ3) is 6.90. The molecule has 10 nitrogen and oxygen atoms in total. The molecule has 3 aliphatic rings. The number of rotatable bonds is 15. The van der Waals surface area contributed by atoms with Gasteiger partial charge >= 0.3 is 5.97 Å². The van der Waals surface area contributed by atoms with E-state index in [9.17, 15) is 24.3 Å². The van der Waals surface area contributed by atoms with Crippen LogP contribution in [-0.2, 0) is 28.7 Å². The van der Waals surface area contributed by atoms with Crippen LogP contribution >= 0.6 is 11.6 Å². The number of amides is 3. The molecule has 0 saturated carbocycles. The second-order valence-corrected chi connectivity index (χ2v) is 14.0. The normalized spacial score (nSPS) is 24.8. The van der Waals surface area contributed by atoms with Crippen molar-refractivity contribution < 1.29 is 33.8 Å². The Hall–Kier alpha value is -4.77. The van der Waals surface area contributed by atoms with Gasteiger partial charge in [-0.3, -0.25) is 19.2 Å². The largest absolute Gasteiger partial charge is 0.455 e. The molecule has 0 radical (unpaired) electrons. The topological polar surface area (TPSA) is 125 Å². The molecule has 2 bridgehead atoms. The van der Waals surface area contributed by atoms with Crippen molar-refractivity contribution in [1.82, 2.24) is 10.2 Å². The number of carbonyl (C=O) groups is 4. The van der Waals surface area contributed by atoms with Gasteiger partial charge in [0.25, 0.3) is 5.91 Å². The Labute approximate surface area is 309 Å². The monoisotopic (exact) mass is 725 g/mol. The Kier molecular flexibility index (Phi) is 11.3. The Morgan fingerprint density at radius 2 is 1.69 bits per heavy atom. The average Bonchev–Trinajstić information content (AvgIpc) is 3.80. The predicted molar refractivity (Wildman–Crippen MR) is 197 cm³/mol. The summed E-state index contributed by atoms with van der Waals surface area (Å²) in [5.41, 5.74) is 0.475. The molecule has 3 saturated heterocycles. The van der Waals surface area contributed by atoms with Crippen LogP contribution in [0.25, 0.3) is 0 Å². The molecule has 3 aliphatic heterocycles. The van der Waals surface area contributed by atoms with E-state index in [0.717, 1.165) is 0 Å². The van der Waals surface area contributed by atoms with Crippen LogP contribution in [-0.4, -0.2) is 70.6 Å². The number of fused-ring (bicyclic) bond motifs is 1. The quantitative estimate of drug-likeness (QED) is 0.152. The van der Waals surface area contributed by atoms with Crippen molar-refractivity contribution in [2.45, 2.75) is 68.5 Å². The molecule has 3 amide bonds. The number of halogens is 1. The van der Waals surface area contributed by atoms with Crippen molar-refractivity contribution in [3.05, 3.63) is 126 Å². The molecule has 1 spiro atoms. The number of nitrogens with one attached hydrogen (secondary N) is 1. The van der Waals surface area contributed by atoms with E-state index in [4.69, 9.17) is 21.1 Å². The Balaban J connectivity index is 1.39. The lowest BCUT2D eigenvalue weighted by molar-refractivity contribution is -0.162. The maximum absolute atomic E-state index is 15.0. The maximum Gasteiger partial charge on any atom is 0.313 e. The number of likely N-dealkylation sites (tertiary alicyclic amines) is 1. The van der Waals surface area contributed by atoms with Crippen molar-refractivity contribution in [2.24, 2.45) is 11.8 Å². The summed E-state index contributed by atoms with van der Waals surface area (Å²) in [4.78, 5) is 60.1. The number of aliphatic hydroxyl groups excluding tert-OH is 1. The van der Waals surface area contributed by atoms with Gasteiger partial charge < -0.3 is 29.7 Å². The number of benzene rings is 3. The first kappa shape index (κ1) is 37.0. The Morgan fingerprint density at radius 1 is 1.04 bits per heavy atom. The molecule has 3 fully saturated rings. The summed E-state index contributed by atoms with van der Waals surface area (Å²) < 4.78 is 13.0. The van der Waals surface area contributed by atoms with Crippen molar-refractivity contribution in [3.63, 3.8) is 0 Å². The fourth-order valence-electron chi connectivity index (χ4n) is 8.16. The zero-order valence-corrected chi connectivity index (χ0v) is 29.9. The van der Waals surface area contributed by atoms with E-state index in [-0.39, 0.29) is 18.9 Å². The minimum absolute atomic E-state index is 0.124. The van der Waals surface area contributed by atoms with Gasteiger partial charge in [-0.05, 0) is 61.6 Å². The van der Waals surface area contributed by atoms with Crippen molar-refractivity contribution in [2.75, 3.05) is 18.1 Å². The molecule has 3 heterocycles. The standard InChI is InChI=1S/C41H44ClN3O7/c1-4-6-17-33(47)43-26(3)36(28-15-11-8-12-16-28)51-40(50)34-32-22-23-41(52-32)35(34)38(48)45(31(25-46)27-13-9-7-10-14-27)37(41)39(49)44(24-5-2)30-20-18-29(42)19-21-30/h4-5,7-16,18-21,26,31-32,34-37,46H,1-2,6,17,22-25H2,3H3,(H,43,47)/t26-,31-,32-,34+,35+,36-,37-,41+/m1/s1. The number of esters is 1. The summed E-state index contributed by atoms with van der Waals surface area (Å²) in [6, 6.07) is 22.2. The number of anilines is 1. The summed E-state index contributed by atoms with van der Waals surface area (Å²) in [6.07, 6.45) is 3.20. The van der Waals surface area contributed by atoms with Gasteiger partial charge in [0.15, 0.2) is 0 Å². The van der Waals surface area contributed by atoms with Crippen LogP contribution in [0.5, 0.6) is 0 Å². The van der Waals surface area contributed by atoms with Crippen LogP contribution in [0.2, 0.25) is 5.02 Å². The van der Waals surface area contributed by atoms with E-state index in [1.807, 2.05) is 36.4 Å². The summed E-state index contributed by atoms with van der Waals surface area (Å²) in [5, 5.41) is 14.3. The van der Waals surface area contributed by atoms with E-state index in [2.05, 4.69) is 18.5 Å². The highest BCUT2D eigenvalue weighted by Crippen LogP contribution is 2.60. The lowest BCUT2D eigenvalue weighted by Gasteiger charge is -2.39. The van der Waals surface area contributed by atoms with Gasteiger partial charge in [0, 0.05) is 23.7 Å². The lowest BCUT2D eigenvalue weighted by Crippen LogP contribution is -2.57. The minimum atomic E-state index is -1.37. The second kappa shape index (κ2) is 15.9. The summed E-state index contributed by atoms with van der Waals surface area (Å²) in [7, 11) is 0. The molecule has 3 aromatic rings. The van der Waals surface area contributed by atoms with Gasteiger partial charge in [-0.15, -0.1) is 13.2 Å². The Bertz CT molecular complexity index is 1790. The number of hydrogen-bond acceptors (Lipinski definition) is 7. The number of ether oxygens (including phenoxy) is 2. The fraction of sp³-hybridized carbons (Fsp3) is 0.366. The average molecular weight is 726 g/mol. The van der Waals surface area contributed by atoms with E-state index in [1.54, 1.807) is 67.6 Å². The lowest BCUT2D eigenvalue weighted by atomic mass is 9.70. The van der Waals surface area contributed by atoms with Crippen LogP contribution in [0.4, 0.5) is 5.69 Å². The third-order valence-corrected chi connectivity index (χ3v) is 10.7. The first-order valence-corrected chi connectivity index (χ1v) is 18.0. The van der Waals surface area contributed by atoms with Crippen molar-refractivity contribution in [3.8, 4) is 0 Å². The number of aliphatic hydroxyl groups is 1. The zero-order valence-electron chi connectivity index (χ0n) is 29.1. The molecule has 0 aliphatic carbocycles. The molecule has 8 atom stereocenters. The van der Waals surface area contributed by atoms with Gasteiger partial charge in [-0.1, -0.05) is 84.4 Å². The van der Waals surface area contributed by atoms with Crippen molar-refractivity contribution in [1.29, 1.82) is 0 Å². The van der Waals surface area contributed by atoms with Crippen LogP contribution in [0.1, 0.15) is 55.9 Å².